The Morgan fingerprint density at radius 2 is 2.00 bits per heavy atom. The predicted molar refractivity (Wildman–Crippen MR) is 79.1 cm³/mol. The molecule has 1 aliphatic carbocycles. The minimum atomic E-state index is -0.144. The van der Waals surface area contributed by atoms with E-state index in [0.29, 0.717) is 5.41 Å². The third-order valence-corrected chi connectivity index (χ3v) is 3.96. The highest BCUT2D eigenvalue weighted by atomic mass is 16.2. The van der Waals surface area contributed by atoms with E-state index in [-0.39, 0.29) is 11.9 Å². The smallest absolute Gasteiger partial charge is 0.241 e. The van der Waals surface area contributed by atoms with Gasteiger partial charge in [0, 0.05) is 12.2 Å². The Kier molecular flexibility index (Phi) is 4.59. The molecule has 0 radical (unpaired) electrons. The van der Waals surface area contributed by atoms with Crippen LogP contribution in [0.2, 0.25) is 0 Å². The zero-order chi connectivity index (χ0) is 13.7. The van der Waals surface area contributed by atoms with Crippen molar-refractivity contribution in [2.24, 2.45) is 5.41 Å². The lowest BCUT2D eigenvalue weighted by atomic mass is 10.0. The fourth-order valence-electron chi connectivity index (χ4n) is 2.46. The maximum Gasteiger partial charge on any atom is 0.241 e. The van der Waals surface area contributed by atoms with Gasteiger partial charge in [0.15, 0.2) is 0 Å². The van der Waals surface area contributed by atoms with E-state index in [1.54, 1.807) is 0 Å². The van der Waals surface area contributed by atoms with Gasteiger partial charge in [-0.15, -0.1) is 0 Å². The molecule has 1 saturated carbocycles. The number of carbonyl (C=O) groups excluding carboxylic acids is 1. The zero-order valence-electron chi connectivity index (χ0n) is 11.9. The van der Waals surface area contributed by atoms with Gasteiger partial charge in [0.1, 0.15) is 0 Å². The monoisotopic (exact) mass is 260 g/mol. The second kappa shape index (κ2) is 6.20. The van der Waals surface area contributed by atoms with E-state index in [0.717, 1.165) is 12.2 Å². The van der Waals surface area contributed by atoms with Gasteiger partial charge in [0.25, 0.3) is 0 Å². The molecule has 1 amide bonds. The summed E-state index contributed by atoms with van der Waals surface area (Å²) in [6.45, 7) is 5.12. The summed E-state index contributed by atoms with van der Waals surface area (Å²) in [7, 11) is 0. The van der Waals surface area contributed by atoms with E-state index in [1.165, 1.54) is 25.7 Å². The molecule has 2 N–H and O–H groups in total. The molecule has 0 spiro atoms. The Morgan fingerprint density at radius 3 is 2.58 bits per heavy atom. The number of carbonyl (C=O) groups is 1. The number of para-hydroxylation sites is 1. The average molecular weight is 260 g/mol. The maximum absolute atomic E-state index is 12.0. The summed E-state index contributed by atoms with van der Waals surface area (Å²) in [5, 5.41) is 6.31. The summed E-state index contributed by atoms with van der Waals surface area (Å²) in [6, 6.07) is 9.46. The Morgan fingerprint density at radius 1 is 1.32 bits per heavy atom. The molecule has 0 aliphatic heterocycles. The van der Waals surface area contributed by atoms with E-state index >= 15 is 0 Å². The van der Waals surface area contributed by atoms with Crippen LogP contribution in [0.1, 0.15) is 39.5 Å². The molecule has 1 atom stereocenters. The van der Waals surface area contributed by atoms with Crippen molar-refractivity contribution in [1.82, 2.24) is 5.32 Å². The predicted octanol–water partition coefficient (Wildman–Crippen LogP) is 3.18. The van der Waals surface area contributed by atoms with Crippen LogP contribution in [0.4, 0.5) is 5.69 Å². The number of benzene rings is 1. The number of anilines is 1. The lowest BCUT2D eigenvalue weighted by Gasteiger charge is -2.19. The van der Waals surface area contributed by atoms with Gasteiger partial charge < -0.3 is 10.6 Å². The first-order valence-corrected chi connectivity index (χ1v) is 7.24. The van der Waals surface area contributed by atoms with Crippen LogP contribution in [-0.2, 0) is 4.79 Å². The van der Waals surface area contributed by atoms with Crippen LogP contribution in [0, 0.1) is 5.41 Å². The quantitative estimate of drug-likeness (QED) is 0.790. The lowest BCUT2D eigenvalue weighted by molar-refractivity contribution is -0.117. The molecule has 1 aliphatic rings. The molecule has 0 aromatic heterocycles. The molecule has 1 aromatic rings. The highest BCUT2D eigenvalue weighted by Crippen LogP contribution is 2.48. The van der Waals surface area contributed by atoms with Gasteiger partial charge in [-0.3, -0.25) is 4.79 Å². The molecular formula is C16H24N2O. The summed E-state index contributed by atoms with van der Waals surface area (Å²) < 4.78 is 0. The second-order valence-electron chi connectivity index (χ2n) is 5.71. The highest BCUT2D eigenvalue weighted by molar-refractivity contribution is 5.94. The third kappa shape index (κ3) is 4.06. The molecular weight excluding hydrogens is 236 g/mol. The van der Waals surface area contributed by atoms with E-state index in [9.17, 15) is 4.79 Å². The number of rotatable bonds is 7. The first-order valence-electron chi connectivity index (χ1n) is 7.24. The average Bonchev–Trinajstić information content (AvgIpc) is 3.18. The van der Waals surface area contributed by atoms with Crippen LogP contribution in [-0.4, -0.2) is 18.5 Å². The Hall–Kier alpha value is -1.35. The molecule has 3 nitrogen and oxygen atoms in total. The van der Waals surface area contributed by atoms with E-state index in [4.69, 9.17) is 0 Å². The van der Waals surface area contributed by atoms with Crippen molar-refractivity contribution >= 4 is 11.6 Å². The summed E-state index contributed by atoms with van der Waals surface area (Å²) >= 11 is 0. The van der Waals surface area contributed by atoms with Gasteiger partial charge in [-0.1, -0.05) is 31.5 Å². The number of amides is 1. The second-order valence-corrected chi connectivity index (χ2v) is 5.71. The summed E-state index contributed by atoms with van der Waals surface area (Å²) in [6.07, 6.45) is 5.11. The standard InChI is InChI=1S/C16H24N2O/c1-3-9-16(10-11-16)12-17-13(2)15(19)18-14-7-5-4-6-8-14/h4-8,13,17H,3,9-12H2,1-2H3,(H,18,19). The number of nitrogens with one attached hydrogen (secondary N) is 2. The Bertz CT molecular complexity index is 412. The van der Waals surface area contributed by atoms with Crippen molar-refractivity contribution in [2.45, 2.75) is 45.6 Å². The zero-order valence-corrected chi connectivity index (χ0v) is 11.9. The highest BCUT2D eigenvalue weighted by Gasteiger charge is 2.41. The number of hydrogen-bond acceptors (Lipinski definition) is 2. The first kappa shape index (κ1) is 14.1. The molecule has 0 saturated heterocycles. The van der Waals surface area contributed by atoms with Crippen molar-refractivity contribution in [2.75, 3.05) is 11.9 Å². The summed E-state index contributed by atoms with van der Waals surface area (Å²) in [4.78, 5) is 12.0. The van der Waals surface area contributed by atoms with Crippen LogP contribution in [0.5, 0.6) is 0 Å². The van der Waals surface area contributed by atoms with Crippen molar-refractivity contribution < 1.29 is 4.79 Å². The minimum absolute atomic E-state index is 0.0403. The first-order chi connectivity index (χ1) is 9.15. The third-order valence-electron chi connectivity index (χ3n) is 3.96. The van der Waals surface area contributed by atoms with Gasteiger partial charge in [-0.05, 0) is 43.7 Å². The normalized spacial score (nSPS) is 17.8. The van der Waals surface area contributed by atoms with Crippen LogP contribution in [0.25, 0.3) is 0 Å². The molecule has 1 fully saturated rings. The van der Waals surface area contributed by atoms with Crippen molar-refractivity contribution in [1.29, 1.82) is 0 Å². The fraction of sp³-hybridized carbons (Fsp3) is 0.562. The summed E-state index contributed by atoms with van der Waals surface area (Å²) in [5.74, 6) is 0.0403. The Labute approximate surface area is 115 Å². The topological polar surface area (TPSA) is 41.1 Å². The van der Waals surface area contributed by atoms with Gasteiger partial charge in [0.2, 0.25) is 5.91 Å². The largest absolute Gasteiger partial charge is 0.325 e. The van der Waals surface area contributed by atoms with Crippen LogP contribution >= 0.6 is 0 Å². The fourth-order valence-corrected chi connectivity index (χ4v) is 2.46. The molecule has 3 heteroatoms. The van der Waals surface area contributed by atoms with Crippen LogP contribution < -0.4 is 10.6 Å². The van der Waals surface area contributed by atoms with Gasteiger partial charge >= 0.3 is 0 Å². The van der Waals surface area contributed by atoms with Crippen molar-refractivity contribution in [3.8, 4) is 0 Å². The van der Waals surface area contributed by atoms with Crippen molar-refractivity contribution in [3.05, 3.63) is 30.3 Å². The van der Waals surface area contributed by atoms with E-state index in [1.807, 2.05) is 37.3 Å². The van der Waals surface area contributed by atoms with Crippen LogP contribution in [0.15, 0.2) is 30.3 Å². The molecule has 104 valence electrons. The molecule has 19 heavy (non-hydrogen) atoms. The summed E-state index contributed by atoms with van der Waals surface area (Å²) in [5.41, 5.74) is 1.34. The Balaban J connectivity index is 1.77. The maximum atomic E-state index is 12.0. The SMILES string of the molecule is CCCC1(CNC(C)C(=O)Nc2ccccc2)CC1. The lowest BCUT2D eigenvalue weighted by Crippen LogP contribution is -2.40. The van der Waals surface area contributed by atoms with E-state index in [2.05, 4.69) is 17.6 Å². The molecule has 0 heterocycles. The van der Waals surface area contributed by atoms with Crippen molar-refractivity contribution in [3.63, 3.8) is 0 Å². The molecule has 2 rings (SSSR count). The molecule has 0 bridgehead atoms. The van der Waals surface area contributed by atoms with Gasteiger partial charge in [0.05, 0.1) is 6.04 Å². The van der Waals surface area contributed by atoms with Gasteiger partial charge in [-0.25, -0.2) is 0 Å². The number of hydrogen-bond donors (Lipinski definition) is 2. The van der Waals surface area contributed by atoms with E-state index < -0.39 is 0 Å². The molecule has 1 unspecified atom stereocenters. The minimum Gasteiger partial charge on any atom is -0.325 e. The van der Waals surface area contributed by atoms with Gasteiger partial charge in [-0.2, -0.15) is 0 Å². The van der Waals surface area contributed by atoms with Crippen LogP contribution in [0.3, 0.4) is 0 Å². The molecule has 1 aromatic carbocycles.